The second kappa shape index (κ2) is 5.38. The number of hydrogen-bond donors (Lipinski definition) is 2. The maximum Gasteiger partial charge on any atom is 0.244 e. The predicted octanol–water partition coefficient (Wildman–Crippen LogP) is 0.441. The van der Waals surface area contributed by atoms with Gasteiger partial charge < -0.3 is 5.73 Å². The molecule has 0 saturated heterocycles. The van der Waals surface area contributed by atoms with Crippen molar-refractivity contribution in [1.82, 2.24) is 14.5 Å². The smallest absolute Gasteiger partial charge is 0.244 e. The van der Waals surface area contributed by atoms with E-state index >= 15 is 0 Å². The van der Waals surface area contributed by atoms with Gasteiger partial charge in [0, 0.05) is 19.1 Å². The molecule has 3 N–H and O–H groups in total. The molecule has 0 bridgehead atoms. The maximum atomic E-state index is 12.3. The molecular formula is C11H22N4O2S. The van der Waals surface area contributed by atoms with Gasteiger partial charge in [-0.1, -0.05) is 0 Å². The van der Waals surface area contributed by atoms with E-state index in [1.54, 1.807) is 25.6 Å². The van der Waals surface area contributed by atoms with Crippen LogP contribution in [0, 0.1) is 13.8 Å². The number of aryl methyl sites for hydroxylation is 2. The standard InChI is InChI=1S/C11H22N4O2S/c1-7(12)6-8(2)14-18(16,17)11-9(3)13-15(5)10(11)4/h7-8,14H,6,12H2,1-5H3. The number of sulfonamides is 1. The van der Waals surface area contributed by atoms with Gasteiger partial charge in [0.1, 0.15) is 4.90 Å². The van der Waals surface area contributed by atoms with Crippen LogP contribution in [0.5, 0.6) is 0 Å². The van der Waals surface area contributed by atoms with E-state index in [4.69, 9.17) is 5.73 Å². The second-order valence-electron chi connectivity index (χ2n) is 4.86. The Hall–Kier alpha value is -0.920. The SMILES string of the molecule is Cc1nn(C)c(C)c1S(=O)(=O)NC(C)CC(C)N. The van der Waals surface area contributed by atoms with Crippen molar-refractivity contribution in [2.75, 3.05) is 0 Å². The lowest BCUT2D eigenvalue weighted by Crippen LogP contribution is -2.36. The number of aromatic nitrogens is 2. The molecule has 104 valence electrons. The van der Waals surface area contributed by atoms with Gasteiger partial charge in [-0.2, -0.15) is 5.10 Å². The summed E-state index contributed by atoms with van der Waals surface area (Å²) in [5.41, 5.74) is 6.81. The minimum absolute atomic E-state index is 0.0428. The summed E-state index contributed by atoms with van der Waals surface area (Å²) in [4.78, 5) is 0.265. The van der Waals surface area contributed by atoms with E-state index in [1.807, 2.05) is 13.8 Å². The molecule has 1 aromatic rings. The minimum Gasteiger partial charge on any atom is -0.328 e. The van der Waals surface area contributed by atoms with Crippen molar-refractivity contribution in [2.24, 2.45) is 12.8 Å². The highest BCUT2D eigenvalue weighted by Gasteiger charge is 2.25. The van der Waals surface area contributed by atoms with Gasteiger partial charge in [0.15, 0.2) is 0 Å². The van der Waals surface area contributed by atoms with Crippen molar-refractivity contribution in [2.45, 2.75) is 51.1 Å². The first kappa shape index (κ1) is 15.1. The Balaban J connectivity index is 3.00. The summed E-state index contributed by atoms with van der Waals surface area (Å²) in [7, 11) is -1.81. The molecule has 6 nitrogen and oxygen atoms in total. The molecule has 1 aromatic heterocycles. The van der Waals surface area contributed by atoms with Crippen LogP contribution < -0.4 is 10.5 Å². The number of hydrogen-bond acceptors (Lipinski definition) is 4. The fraction of sp³-hybridized carbons (Fsp3) is 0.727. The van der Waals surface area contributed by atoms with Gasteiger partial charge >= 0.3 is 0 Å². The van der Waals surface area contributed by atoms with Crippen LogP contribution in [0.4, 0.5) is 0 Å². The van der Waals surface area contributed by atoms with Crippen LogP contribution in [0.1, 0.15) is 31.7 Å². The molecule has 0 spiro atoms. The Kier molecular flexibility index (Phi) is 4.52. The normalized spacial score (nSPS) is 15.7. The fourth-order valence-electron chi connectivity index (χ4n) is 2.07. The number of nitrogens with zero attached hydrogens (tertiary/aromatic N) is 2. The van der Waals surface area contributed by atoms with Crippen molar-refractivity contribution >= 4 is 10.0 Å². The van der Waals surface area contributed by atoms with Crippen LogP contribution in [0.25, 0.3) is 0 Å². The van der Waals surface area contributed by atoms with Gasteiger partial charge in [-0.05, 0) is 34.1 Å². The summed E-state index contributed by atoms with van der Waals surface area (Å²) >= 11 is 0. The Morgan fingerprint density at radius 3 is 2.33 bits per heavy atom. The topological polar surface area (TPSA) is 90.0 Å². The number of rotatable bonds is 5. The molecule has 0 aliphatic rings. The fourth-order valence-corrected chi connectivity index (χ4v) is 3.77. The van der Waals surface area contributed by atoms with Crippen molar-refractivity contribution < 1.29 is 8.42 Å². The van der Waals surface area contributed by atoms with Gasteiger partial charge in [0.2, 0.25) is 10.0 Å². The lowest BCUT2D eigenvalue weighted by Gasteiger charge is -2.16. The van der Waals surface area contributed by atoms with Gasteiger partial charge in [0.25, 0.3) is 0 Å². The second-order valence-corrected chi connectivity index (χ2v) is 6.51. The van der Waals surface area contributed by atoms with Crippen molar-refractivity contribution in [3.63, 3.8) is 0 Å². The third kappa shape index (κ3) is 3.30. The van der Waals surface area contributed by atoms with Crippen molar-refractivity contribution in [3.05, 3.63) is 11.4 Å². The Bertz CT molecular complexity index is 519. The molecule has 0 fully saturated rings. The molecule has 2 unspecified atom stereocenters. The molecule has 0 amide bonds. The van der Waals surface area contributed by atoms with E-state index < -0.39 is 10.0 Å². The van der Waals surface area contributed by atoms with Crippen LogP contribution in [-0.2, 0) is 17.1 Å². The Morgan fingerprint density at radius 2 is 1.94 bits per heavy atom. The summed E-state index contributed by atoms with van der Waals surface area (Å²) in [5, 5.41) is 4.12. The molecule has 1 heterocycles. The summed E-state index contributed by atoms with van der Waals surface area (Å²) in [6, 6.07) is -0.243. The number of nitrogens with one attached hydrogen (secondary N) is 1. The van der Waals surface area contributed by atoms with E-state index in [2.05, 4.69) is 9.82 Å². The van der Waals surface area contributed by atoms with Gasteiger partial charge in [0.05, 0.1) is 11.4 Å². The first-order chi connectivity index (χ1) is 8.15. The van der Waals surface area contributed by atoms with E-state index in [0.717, 1.165) is 0 Å². The molecule has 0 aromatic carbocycles. The summed E-state index contributed by atoms with van der Waals surface area (Å²) < 4.78 is 28.8. The lowest BCUT2D eigenvalue weighted by atomic mass is 10.1. The molecule has 18 heavy (non-hydrogen) atoms. The average Bonchev–Trinajstić information content (AvgIpc) is 2.37. The predicted molar refractivity (Wildman–Crippen MR) is 70.7 cm³/mol. The molecule has 0 aliphatic carbocycles. The van der Waals surface area contributed by atoms with E-state index in [-0.39, 0.29) is 17.0 Å². The Morgan fingerprint density at radius 1 is 1.39 bits per heavy atom. The van der Waals surface area contributed by atoms with E-state index in [1.165, 1.54) is 0 Å². The first-order valence-corrected chi connectivity index (χ1v) is 7.41. The van der Waals surface area contributed by atoms with Gasteiger partial charge in [-0.25, -0.2) is 13.1 Å². The molecular weight excluding hydrogens is 252 g/mol. The lowest BCUT2D eigenvalue weighted by molar-refractivity contribution is 0.518. The summed E-state index contributed by atoms with van der Waals surface area (Å²) in [6.45, 7) is 7.09. The summed E-state index contributed by atoms with van der Waals surface area (Å²) in [6.07, 6.45) is 0.595. The van der Waals surface area contributed by atoms with E-state index in [9.17, 15) is 8.42 Å². The summed E-state index contributed by atoms with van der Waals surface area (Å²) in [5.74, 6) is 0. The molecule has 2 atom stereocenters. The van der Waals surface area contributed by atoms with Crippen molar-refractivity contribution in [3.8, 4) is 0 Å². The largest absolute Gasteiger partial charge is 0.328 e. The van der Waals surface area contributed by atoms with Crippen LogP contribution in [-0.4, -0.2) is 30.3 Å². The first-order valence-electron chi connectivity index (χ1n) is 5.93. The van der Waals surface area contributed by atoms with E-state index in [0.29, 0.717) is 17.8 Å². The molecule has 0 aliphatic heterocycles. The third-order valence-corrected chi connectivity index (χ3v) is 4.63. The highest BCUT2D eigenvalue weighted by atomic mass is 32.2. The van der Waals surface area contributed by atoms with Crippen LogP contribution in [0.3, 0.4) is 0 Å². The highest BCUT2D eigenvalue weighted by molar-refractivity contribution is 7.89. The zero-order valence-electron chi connectivity index (χ0n) is 11.6. The number of nitrogens with two attached hydrogens (primary N) is 1. The zero-order valence-corrected chi connectivity index (χ0v) is 12.4. The van der Waals surface area contributed by atoms with Gasteiger partial charge in [-0.3, -0.25) is 4.68 Å². The van der Waals surface area contributed by atoms with Crippen LogP contribution in [0.15, 0.2) is 4.90 Å². The van der Waals surface area contributed by atoms with Crippen molar-refractivity contribution in [1.29, 1.82) is 0 Å². The average molecular weight is 274 g/mol. The highest BCUT2D eigenvalue weighted by Crippen LogP contribution is 2.18. The van der Waals surface area contributed by atoms with Crippen LogP contribution >= 0.6 is 0 Å². The molecule has 7 heteroatoms. The van der Waals surface area contributed by atoms with Crippen LogP contribution in [0.2, 0.25) is 0 Å². The third-order valence-electron chi connectivity index (χ3n) is 2.79. The zero-order chi connectivity index (χ0) is 14.1. The monoisotopic (exact) mass is 274 g/mol. The molecule has 0 radical (unpaired) electrons. The maximum absolute atomic E-state index is 12.3. The molecule has 0 saturated carbocycles. The minimum atomic E-state index is -3.53. The Labute approximate surface area is 109 Å². The van der Waals surface area contributed by atoms with Gasteiger partial charge in [-0.15, -0.1) is 0 Å². The molecule has 1 rings (SSSR count). The quantitative estimate of drug-likeness (QED) is 0.815.